The number of nitrogens with zero attached hydrogens (tertiary/aromatic N) is 1. The van der Waals surface area contributed by atoms with Crippen LogP contribution in [0.1, 0.15) is 20.3 Å². The first-order valence-corrected chi connectivity index (χ1v) is 5.28. The van der Waals surface area contributed by atoms with E-state index in [1.54, 1.807) is 0 Å². The predicted molar refractivity (Wildman–Crippen MR) is 62.5 cm³/mol. The summed E-state index contributed by atoms with van der Waals surface area (Å²) < 4.78 is 0.0785. The maximum Gasteiger partial charge on any atom is 0.234 e. The van der Waals surface area contributed by atoms with Crippen LogP contribution in [0, 0.1) is 0 Å². The highest BCUT2D eigenvalue weighted by Crippen LogP contribution is 2.20. The Morgan fingerprint density at radius 2 is 2.08 bits per heavy atom. The number of hydrogen-bond donors (Lipinski definition) is 2. The summed E-state index contributed by atoms with van der Waals surface area (Å²) in [6, 6.07) is -0.527. The molecule has 1 atom stereocenters. The molecule has 0 aromatic carbocycles. The van der Waals surface area contributed by atoms with Crippen LogP contribution in [0.25, 0.3) is 0 Å². The Balaban J connectivity index is 3.83. The summed E-state index contributed by atoms with van der Waals surface area (Å²) in [7, 11) is 2.00. The van der Waals surface area contributed by atoms with Crippen molar-refractivity contribution in [2.75, 3.05) is 13.6 Å². The smallest absolute Gasteiger partial charge is 0.234 e. The summed E-state index contributed by atoms with van der Waals surface area (Å²) in [5, 5.41) is 0. The van der Waals surface area contributed by atoms with E-state index < -0.39 is 11.9 Å². The maximum absolute atomic E-state index is 10.6. The second-order valence-corrected chi connectivity index (χ2v) is 6.27. The van der Waals surface area contributed by atoms with Gasteiger partial charge in [0, 0.05) is 6.54 Å². The second kappa shape index (κ2) is 5.11. The molecule has 4 nitrogen and oxygen atoms in total. The van der Waals surface area contributed by atoms with E-state index >= 15 is 0 Å². The molecule has 0 aromatic rings. The molecule has 0 bridgehead atoms. The zero-order chi connectivity index (χ0) is 10.6. The number of rotatable bonds is 5. The van der Waals surface area contributed by atoms with Crippen molar-refractivity contribution in [3.63, 3.8) is 0 Å². The third-order valence-corrected chi connectivity index (χ3v) is 2.87. The zero-order valence-electron chi connectivity index (χ0n) is 8.38. The number of carbonyl (C=O) groups is 1. The predicted octanol–water partition coefficient (Wildman–Crippen LogP) is 0.292. The van der Waals surface area contributed by atoms with Crippen molar-refractivity contribution >= 4 is 28.5 Å². The van der Waals surface area contributed by atoms with Gasteiger partial charge in [0.05, 0.1) is 9.59 Å². The van der Waals surface area contributed by atoms with Gasteiger partial charge in [-0.1, -0.05) is 22.6 Å². The van der Waals surface area contributed by atoms with E-state index in [1.165, 1.54) is 0 Å². The van der Waals surface area contributed by atoms with Crippen molar-refractivity contribution in [2.45, 2.75) is 29.9 Å². The molecule has 0 aliphatic heterocycles. The van der Waals surface area contributed by atoms with Crippen molar-refractivity contribution in [1.29, 1.82) is 0 Å². The lowest BCUT2D eigenvalue weighted by atomic mass is 10.2. The number of carbonyl (C=O) groups excluding carboxylic acids is 1. The molecule has 4 N–H and O–H groups in total. The van der Waals surface area contributed by atoms with Crippen LogP contribution in [0.5, 0.6) is 0 Å². The molecule has 1 unspecified atom stereocenters. The molecule has 0 saturated carbocycles. The largest absolute Gasteiger partial charge is 0.368 e. The fourth-order valence-corrected chi connectivity index (χ4v) is 0.982. The summed E-state index contributed by atoms with van der Waals surface area (Å²) in [5.74, 6) is -0.431. The molecule has 78 valence electrons. The Morgan fingerprint density at radius 1 is 1.62 bits per heavy atom. The number of halogens is 1. The first-order valence-electron chi connectivity index (χ1n) is 4.20. The summed E-state index contributed by atoms with van der Waals surface area (Å²) in [6.07, 6.45) is 0.609. The highest BCUT2D eigenvalue weighted by Gasteiger charge is 2.20. The fourth-order valence-electron chi connectivity index (χ4n) is 0.741. The minimum atomic E-state index is -0.527. The first-order chi connectivity index (χ1) is 5.75. The Bertz CT molecular complexity index is 179. The van der Waals surface area contributed by atoms with Gasteiger partial charge in [-0.3, -0.25) is 9.69 Å². The summed E-state index contributed by atoms with van der Waals surface area (Å²) in [4.78, 5) is 12.8. The molecular formula is C8H18IN3O. The molecule has 0 radical (unpaired) electrons. The van der Waals surface area contributed by atoms with E-state index in [0.717, 1.165) is 6.54 Å². The minimum Gasteiger partial charge on any atom is -0.368 e. The van der Waals surface area contributed by atoms with Gasteiger partial charge in [-0.05, 0) is 27.3 Å². The SMILES string of the molecule is CN(CCC(N)C(N)=O)C(C)(C)I. The van der Waals surface area contributed by atoms with Gasteiger partial charge in [-0.25, -0.2) is 0 Å². The molecule has 0 aliphatic rings. The Labute approximate surface area is 93.2 Å². The molecule has 0 aromatic heterocycles. The molecule has 13 heavy (non-hydrogen) atoms. The van der Waals surface area contributed by atoms with Gasteiger partial charge in [0.15, 0.2) is 0 Å². The number of primary amides is 1. The lowest BCUT2D eigenvalue weighted by molar-refractivity contribution is -0.119. The third kappa shape index (κ3) is 5.43. The van der Waals surface area contributed by atoms with E-state index in [0.29, 0.717) is 6.42 Å². The average Bonchev–Trinajstić information content (AvgIpc) is 1.97. The zero-order valence-corrected chi connectivity index (χ0v) is 10.5. The molecule has 0 aliphatic carbocycles. The van der Waals surface area contributed by atoms with Gasteiger partial charge in [-0.2, -0.15) is 0 Å². The fraction of sp³-hybridized carbons (Fsp3) is 0.875. The van der Waals surface area contributed by atoms with E-state index in [-0.39, 0.29) is 3.55 Å². The number of alkyl halides is 1. The van der Waals surface area contributed by atoms with Crippen LogP contribution >= 0.6 is 22.6 Å². The molecule has 0 fully saturated rings. The number of amides is 1. The highest BCUT2D eigenvalue weighted by molar-refractivity contribution is 14.1. The van der Waals surface area contributed by atoms with Gasteiger partial charge in [0.2, 0.25) is 5.91 Å². The molecule has 0 heterocycles. The lowest BCUT2D eigenvalue weighted by Gasteiger charge is -2.30. The van der Waals surface area contributed by atoms with E-state index in [1.807, 2.05) is 7.05 Å². The van der Waals surface area contributed by atoms with Crippen molar-refractivity contribution < 1.29 is 4.79 Å². The van der Waals surface area contributed by atoms with Gasteiger partial charge < -0.3 is 11.5 Å². The van der Waals surface area contributed by atoms with Gasteiger partial charge >= 0.3 is 0 Å². The van der Waals surface area contributed by atoms with Crippen molar-refractivity contribution in [3.05, 3.63) is 0 Å². The van der Waals surface area contributed by atoms with Crippen molar-refractivity contribution in [3.8, 4) is 0 Å². The molecule has 5 heteroatoms. The average molecular weight is 299 g/mol. The standard InChI is InChI=1S/C8H18IN3O/c1-8(2,9)12(3)5-4-6(10)7(11)13/h6H,4-5,10H2,1-3H3,(H2,11,13). The molecular weight excluding hydrogens is 281 g/mol. The van der Waals surface area contributed by atoms with Crippen molar-refractivity contribution in [1.82, 2.24) is 4.90 Å². The van der Waals surface area contributed by atoms with Gasteiger partial charge in [0.1, 0.15) is 0 Å². The molecule has 0 rings (SSSR count). The van der Waals surface area contributed by atoms with Crippen molar-refractivity contribution in [2.24, 2.45) is 11.5 Å². The molecule has 0 saturated heterocycles. The Kier molecular flexibility index (Phi) is 5.16. The normalized spacial score (nSPS) is 14.6. The highest BCUT2D eigenvalue weighted by atomic mass is 127. The number of hydrogen-bond acceptors (Lipinski definition) is 3. The summed E-state index contributed by atoms with van der Waals surface area (Å²) in [5.41, 5.74) is 10.6. The van der Waals surface area contributed by atoms with Crippen LogP contribution in [0.4, 0.5) is 0 Å². The Hall–Kier alpha value is 0.120. The van der Waals surface area contributed by atoms with Crippen LogP contribution in [-0.4, -0.2) is 34.0 Å². The summed E-state index contributed by atoms with van der Waals surface area (Å²) >= 11 is 2.34. The number of nitrogens with two attached hydrogens (primary N) is 2. The lowest BCUT2D eigenvalue weighted by Crippen LogP contribution is -2.42. The van der Waals surface area contributed by atoms with E-state index in [9.17, 15) is 4.79 Å². The van der Waals surface area contributed by atoms with Crippen LogP contribution in [-0.2, 0) is 4.79 Å². The maximum atomic E-state index is 10.6. The topological polar surface area (TPSA) is 72.3 Å². The van der Waals surface area contributed by atoms with E-state index in [4.69, 9.17) is 11.5 Å². The van der Waals surface area contributed by atoms with Crippen LogP contribution < -0.4 is 11.5 Å². The van der Waals surface area contributed by atoms with E-state index in [2.05, 4.69) is 41.3 Å². The van der Waals surface area contributed by atoms with Crippen LogP contribution in [0.3, 0.4) is 0 Å². The molecule has 1 amide bonds. The second-order valence-electron chi connectivity index (χ2n) is 3.63. The van der Waals surface area contributed by atoms with Gasteiger partial charge in [0.25, 0.3) is 0 Å². The molecule has 0 spiro atoms. The van der Waals surface area contributed by atoms with Gasteiger partial charge in [-0.15, -0.1) is 0 Å². The third-order valence-electron chi connectivity index (χ3n) is 2.05. The quantitative estimate of drug-likeness (QED) is 0.435. The minimum absolute atomic E-state index is 0.0785. The van der Waals surface area contributed by atoms with Crippen LogP contribution in [0.15, 0.2) is 0 Å². The Morgan fingerprint density at radius 3 is 2.38 bits per heavy atom. The summed E-state index contributed by atoms with van der Waals surface area (Å²) in [6.45, 7) is 4.98. The first kappa shape index (κ1) is 13.1. The monoisotopic (exact) mass is 299 g/mol. The van der Waals surface area contributed by atoms with Crippen LogP contribution in [0.2, 0.25) is 0 Å².